The summed E-state index contributed by atoms with van der Waals surface area (Å²) >= 11 is 0. The van der Waals surface area contributed by atoms with Gasteiger partial charge in [-0.15, -0.1) is 0 Å². The second-order valence-corrected chi connectivity index (χ2v) is 3.59. The summed E-state index contributed by atoms with van der Waals surface area (Å²) in [5.74, 6) is 1.16. The number of aromatic nitrogens is 2. The van der Waals surface area contributed by atoms with E-state index in [0.29, 0.717) is 18.1 Å². The van der Waals surface area contributed by atoms with Crippen molar-refractivity contribution in [3.05, 3.63) is 47.6 Å². The smallest absolute Gasteiger partial charge is 0.229 e. The van der Waals surface area contributed by atoms with Crippen LogP contribution >= 0.6 is 0 Å². The van der Waals surface area contributed by atoms with Crippen molar-refractivity contribution in [2.75, 3.05) is 0 Å². The van der Waals surface area contributed by atoms with Gasteiger partial charge in [-0.3, -0.25) is 0 Å². The Morgan fingerprint density at radius 1 is 1.31 bits per heavy atom. The second-order valence-electron chi connectivity index (χ2n) is 3.59. The third kappa shape index (κ3) is 2.46. The van der Waals surface area contributed by atoms with E-state index in [-0.39, 0.29) is 0 Å². The van der Waals surface area contributed by atoms with Crippen molar-refractivity contribution in [1.82, 2.24) is 10.1 Å². The molecule has 0 spiro atoms. The number of aryl methyl sites for hydroxylation is 1. The molecule has 1 unspecified atom stereocenters. The normalized spacial score (nSPS) is 12.6. The van der Waals surface area contributed by atoms with Crippen molar-refractivity contribution >= 4 is 0 Å². The number of benzene rings is 1. The van der Waals surface area contributed by atoms with Crippen molar-refractivity contribution in [1.29, 1.82) is 0 Å². The van der Waals surface area contributed by atoms with E-state index in [4.69, 9.17) is 4.52 Å². The quantitative estimate of drug-likeness (QED) is 0.851. The highest BCUT2D eigenvalue weighted by Crippen LogP contribution is 2.16. The Balaban J connectivity index is 2.05. The predicted molar refractivity (Wildman–Crippen MR) is 58.8 cm³/mol. The first-order valence-electron chi connectivity index (χ1n) is 5.34. The van der Waals surface area contributed by atoms with Crippen molar-refractivity contribution in [2.24, 2.45) is 0 Å². The topological polar surface area (TPSA) is 59.2 Å². The maximum absolute atomic E-state index is 9.93. The van der Waals surface area contributed by atoms with Gasteiger partial charge in [-0.25, -0.2) is 0 Å². The first kappa shape index (κ1) is 10.8. The average Bonchev–Trinajstić information content (AvgIpc) is 2.78. The zero-order chi connectivity index (χ0) is 11.4. The molecule has 0 radical (unpaired) electrons. The van der Waals surface area contributed by atoms with Crippen molar-refractivity contribution in [2.45, 2.75) is 25.9 Å². The van der Waals surface area contributed by atoms with E-state index >= 15 is 0 Å². The van der Waals surface area contributed by atoms with Gasteiger partial charge >= 0.3 is 0 Å². The third-order valence-corrected chi connectivity index (χ3v) is 2.38. The summed E-state index contributed by atoms with van der Waals surface area (Å²) in [6.45, 7) is 1.96. The number of aliphatic hydroxyl groups is 1. The first-order valence-corrected chi connectivity index (χ1v) is 5.34. The second kappa shape index (κ2) is 4.90. The molecule has 1 heterocycles. The molecule has 16 heavy (non-hydrogen) atoms. The van der Waals surface area contributed by atoms with E-state index in [9.17, 15) is 5.11 Å². The average molecular weight is 218 g/mol. The molecule has 1 aromatic carbocycles. The van der Waals surface area contributed by atoms with Crippen molar-refractivity contribution < 1.29 is 9.63 Å². The van der Waals surface area contributed by atoms with Crippen LogP contribution in [0.2, 0.25) is 0 Å². The highest BCUT2D eigenvalue weighted by atomic mass is 16.5. The molecule has 0 amide bonds. The Labute approximate surface area is 93.9 Å². The zero-order valence-corrected chi connectivity index (χ0v) is 9.13. The number of hydrogen-bond donors (Lipinski definition) is 1. The minimum atomic E-state index is -0.591. The first-order chi connectivity index (χ1) is 7.79. The lowest BCUT2D eigenvalue weighted by Crippen LogP contribution is -2.01. The lowest BCUT2D eigenvalue weighted by molar-refractivity contribution is 0.164. The Morgan fingerprint density at radius 3 is 2.69 bits per heavy atom. The van der Waals surface area contributed by atoms with Gasteiger partial charge in [0.15, 0.2) is 5.82 Å². The van der Waals surface area contributed by atoms with Gasteiger partial charge in [0.1, 0.15) is 0 Å². The molecule has 0 saturated carbocycles. The van der Waals surface area contributed by atoms with E-state index in [2.05, 4.69) is 10.1 Å². The van der Waals surface area contributed by atoms with E-state index in [1.54, 1.807) is 0 Å². The van der Waals surface area contributed by atoms with Gasteiger partial charge in [-0.05, 0) is 5.56 Å². The standard InChI is InChI=1S/C12H14N2O2/c1-2-11-13-12(16-14-11)8-10(15)9-6-4-3-5-7-9/h3-7,10,15H,2,8H2,1H3. The van der Waals surface area contributed by atoms with Gasteiger partial charge in [-0.2, -0.15) is 4.98 Å². The van der Waals surface area contributed by atoms with Gasteiger partial charge < -0.3 is 9.63 Å². The van der Waals surface area contributed by atoms with Gasteiger partial charge in [0.2, 0.25) is 5.89 Å². The lowest BCUT2D eigenvalue weighted by atomic mass is 10.1. The molecule has 84 valence electrons. The molecule has 1 N–H and O–H groups in total. The molecule has 0 fully saturated rings. The Bertz CT molecular complexity index is 439. The van der Waals surface area contributed by atoms with E-state index in [0.717, 1.165) is 12.0 Å². The SMILES string of the molecule is CCc1noc(CC(O)c2ccccc2)n1. The minimum Gasteiger partial charge on any atom is -0.388 e. The van der Waals surface area contributed by atoms with Crippen LogP contribution in [0.3, 0.4) is 0 Å². The molecule has 4 heteroatoms. The largest absolute Gasteiger partial charge is 0.388 e. The maximum Gasteiger partial charge on any atom is 0.229 e. The Kier molecular flexibility index (Phi) is 3.31. The summed E-state index contributed by atoms with van der Waals surface area (Å²) in [5, 5.41) is 13.7. The fourth-order valence-electron chi connectivity index (χ4n) is 1.48. The molecule has 4 nitrogen and oxygen atoms in total. The summed E-state index contributed by atoms with van der Waals surface area (Å²) in [7, 11) is 0. The molecule has 0 aliphatic rings. The number of rotatable bonds is 4. The summed E-state index contributed by atoms with van der Waals surface area (Å²) in [6, 6.07) is 9.45. The van der Waals surface area contributed by atoms with E-state index in [1.165, 1.54) is 0 Å². The van der Waals surface area contributed by atoms with E-state index < -0.39 is 6.10 Å². The number of nitrogens with zero attached hydrogens (tertiary/aromatic N) is 2. The fourth-order valence-corrected chi connectivity index (χ4v) is 1.48. The number of aliphatic hydroxyl groups excluding tert-OH is 1. The monoisotopic (exact) mass is 218 g/mol. The molecule has 0 aliphatic heterocycles. The maximum atomic E-state index is 9.93. The van der Waals surface area contributed by atoms with Gasteiger partial charge in [-0.1, -0.05) is 42.4 Å². The summed E-state index contributed by atoms with van der Waals surface area (Å²) in [5.41, 5.74) is 0.860. The van der Waals surface area contributed by atoms with Gasteiger partial charge in [0.05, 0.1) is 12.5 Å². The van der Waals surface area contributed by atoms with Crippen LogP contribution in [0.5, 0.6) is 0 Å². The van der Waals surface area contributed by atoms with Crippen LogP contribution in [-0.2, 0) is 12.8 Å². The van der Waals surface area contributed by atoms with Crippen LogP contribution in [-0.4, -0.2) is 15.2 Å². The van der Waals surface area contributed by atoms with Crippen molar-refractivity contribution in [3.63, 3.8) is 0 Å². The van der Waals surface area contributed by atoms with Gasteiger partial charge in [0.25, 0.3) is 0 Å². The fraction of sp³-hybridized carbons (Fsp3) is 0.333. The highest BCUT2D eigenvalue weighted by Gasteiger charge is 2.12. The molecule has 0 saturated heterocycles. The molecule has 1 atom stereocenters. The molecule has 0 bridgehead atoms. The van der Waals surface area contributed by atoms with E-state index in [1.807, 2.05) is 37.3 Å². The zero-order valence-electron chi connectivity index (χ0n) is 9.13. The summed E-state index contributed by atoms with van der Waals surface area (Å²) < 4.78 is 5.03. The molecule has 0 aliphatic carbocycles. The molecule has 1 aromatic heterocycles. The van der Waals surface area contributed by atoms with Crippen LogP contribution in [0, 0.1) is 0 Å². The predicted octanol–water partition coefficient (Wildman–Crippen LogP) is 1.91. The number of hydrogen-bond acceptors (Lipinski definition) is 4. The van der Waals surface area contributed by atoms with Crippen LogP contribution in [0.15, 0.2) is 34.9 Å². The molecular formula is C12H14N2O2. The highest BCUT2D eigenvalue weighted by molar-refractivity contribution is 5.18. The minimum absolute atomic E-state index is 0.358. The summed E-state index contributed by atoms with van der Waals surface area (Å²) in [4.78, 5) is 4.16. The third-order valence-electron chi connectivity index (χ3n) is 2.38. The Morgan fingerprint density at radius 2 is 2.06 bits per heavy atom. The van der Waals surface area contributed by atoms with Crippen LogP contribution < -0.4 is 0 Å². The lowest BCUT2D eigenvalue weighted by Gasteiger charge is -2.07. The molecule has 2 aromatic rings. The van der Waals surface area contributed by atoms with Crippen LogP contribution in [0.4, 0.5) is 0 Å². The Hall–Kier alpha value is -1.68. The van der Waals surface area contributed by atoms with Crippen molar-refractivity contribution in [3.8, 4) is 0 Å². The molecular weight excluding hydrogens is 204 g/mol. The van der Waals surface area contributed by atoms with Crippen LogP contribution in [0.1, 0.15) is 30.3 Å². The van der Waals surface area contributed by atoms with Gasteiger partial charge in [0, 0.05) is 6.42 Å². The molecule has 2 rings (SSSR count). The summed E-state index contributed by atoms with van der Waals surface area (Å²) in [6.07, 6.45) is 0.508. The van der Waals surface area contributed by atoms with Crippen LogP contribution in [0.25, 0.3) is 0 Å².